The molecule has 2 unspecified atom stereocenters. The van der Waals surface area contributed by atoms with Crippen molar-refractivity contribution in [2.24, 2.45) is 0 Å². The minimum Gasteiger partial charge on any atom is -0.481 e. The van der Waals surface area contributed by atoms with E-state index >= 15 is 0 Å². The third kappa shape index (κ3) is 1.59. The molecule has 2 atom stereocenters. The number of carbonyl (C=O) groups is 1. The van der Waals surface area contributed by atoms with Gasteiger partial charge in [-0.2, -0.15) is 0 Å². The summed E-state index contributed by atoms with van der Waals surface area (Å²) < 4.78 is 0. The van der Waals surface area contributed by atoms with Crippen molar-refractivity contribution in [1.29, 1.82) is 0 Å². The number of hydrogen-bond acceptors (Lipinski definition) is 1. The van der Waals surface area contributed by atoms with Gasteiger partial charge in [0.2, 0.25) is 0 Å². The molecule has 3 heteroatoms. The van der Waals surface area contributed by atoms with E-state index in [2.05, 4.69) is 22.0 Å². The van der Waals surface area contributed by atoms with Gasteiger partial charge < -0.3 is 5.11 Å². The van der Waals surface area contributed by atoms with Crippen molar-refractivity contribution in [3.63, 3.8) is 0 Å². The summed E-state index contributed by atoms with van der Waals surface area (Å²) in [6.07, 6.45) is 0.686. The Bertz CT molecular complexity index is 407. The summed E-state index contributed by atoms with van der Waals surface area (Å²) in [5.74, 6) is -0.727. The molecule has 1 aliphatic carbocycles. The Labute approximate surface area is 97.4 Å². The van der Waals surface area contributed by atoms with Gasteiger partial charge in [-0.1, -0.05) is 45.3 Å². The summed E-state index contributed by atoms with van der Waals surface area (Å²) in [7, 11) is 0. The lowest BCUT2D eigenvalue weighted by atomic mass is 9.93. The zero-order chi connectivity index (χ0) is 11.2. The smallest absolute Gasteiger partial charge is 0.315 e. The molecule has 0 aliphatic heterocycles. The second-order valence-electron chi connectivity index (χ2n) is 4.32. The molecule has 1 aromatic rings. The quantitative estimate of drug-likeness (QED) is 0.838. The molecule has 2 rings (SSSR count). The van der Waals surface area contributed by atoms with E-state index in [0.717, 1.165) is 16.7 Å². The van der Waals surface area contributed by atoms with Crippen molar-refractivity contribution in [3.05, 3.63) is 34.9 Å². The minimum absolute atomic E-state index is 0.0729. The molecule has 0 spiro atoms. The van der Waals surface area contributed by atoms with Gasteiger partial charge in [0.25, 0.3) is 0 Å². The van der Waals surface area contributed by atoms with Crippen LogP contribution in [-0.4, -0.2) is 15.9 Å². The van der Waals surface area contributed by atoms with Gasteiger partial charge >= 0.3 is 5.97 Å². The Morgan fingerprint density at radius 2 is 1.87 bits per heavy atom. The fraction of sp³-hybridized carbons (Fsp3) is 0.417. The Balaban J connectivity index is 2.49. The summed E-state index contributed by atoms with van der Waals surface area (Å²) in [5.41, 5.74) is 2.49. The van der Waals surface area contributed by atoms with E-state index < -0.39 is 11.4 Å². The van der Waals surface area contributed by atoms with Crippen LogP contribution in [0.2, 0.25) is 0 Å². The zero-order valence-electron chi connectivity index (χ0n) is 8.75. The van der Waals surface area contributed by atoms with E-state index in [1.807, 2.05) is 26.0 Å². The van der Waals surface area contributed by atoms with Crippen LogP contribution in [0.4, 0.5) is 0 Å². The van der Waals surface area contributed by atoms with Crippen LogP contribution < -0.4 is 0 Å². The van der Waals surface area contributed by atoms with Crippen LogP contribution in [0.15, 0.2) is 18.2 Å². The summed E-state index contributed by atoms with van der Waals surface area (Å²) in [6, 6.07) is 6.01. The molecule has 0 aromatic heterocycles. The first-order valence-corrected chi connectivity index (χ1v) is 5.84. The van der Waals surface area contributed by atoms with Gasteiger partial charge in [0.05, 0.1) is 0 Å². The summed E-state index contributed by atoms with van der Waals surface area (Å²) in [6.45, 7) is 4.00. The number of benzene rings is 1. The molecule has 15 heavy (non-hydrogen) atoms. The lowest BCUT2D eigenvalue weighted by Gasteiger charge is -2.12. The number of carboxylic acids is 1. The molecule has 1 aliphatic rings. The topological polar surface area (TPSA) is 37.3 Å². The number of halogens is 1. The molecular formula is C12H13BrO2. The van der Waals surface area contributed by atoms with E-state index in [4.69, 9.17) is 0 Å². The highest BCUT2D eigenvalue weighted by atomic mass is 79.9. The Kier molecular flexibility index (Phi) is 2.38. The van der Waals surface area contributed by atoms with Crippen molar-refractivity contribution in [2.75, 3.05) is 0 Å². The Morgan fingerprint density at radius 3 is 2.20 bits per heavy atom. The molecule has 1 N–H and O–H groups in total. The van der Waals surface area contributed by atoms with E-state index in [0.29, 0.717) is 6.42 Å². The number of rotatable bonds is 2. The summed E-state index contributed by atoms with van der Waals surface area (Å²) in [4.78, 5) is 11.4. The highest BCUT2D eigenvalue weighted by Crippen LogP contribution is 2.53. The summed E-state index contributed by atoms with van der Waals surface area (Å²) in [5, 5.41) is 9.28. The molecule has 1 saturated carbocycles. The van der Waals surface area contributed by atoms with Crippen molar-refractivity contribution in [2.45, 2.75) is 30.5 Å². The van der Waals surface area contributed by atoms with Gasteiger partial charge in [-0.05, 0) is 25.8 Å². The predicted molar refractivity (Wildman–Crippen MR) is 62.6 cm³/mol. The highest BCUT2D eigenvalue weighted by Gasteiger charge is 2.60. The van der Waals surface area contributed by atoms with Crippen LogP contribution in [0, 0.1) is 13.8 Å². The van der Waals surface area contributed by atoms with Gasteiger partial charge in [0, 0.05) is 4.83 Å². The van der Waals surface area contributed by atoms with Crippen molar-refractivity contribution in [1.82, 2.24) is 0 Å². The van der Waals surface area contributed by atoms with E-state index in [9.17, 15) is 9.90 Å². The minimum atomic E-state index is -0.727. The second kappa shape index (κ2) is 3.34. The van der Waals surface area contributed by atoms with Crippen LogP contribution in [0.3, 0.4) is 0 Å². The molecule has 0 amide bonds. The maximum atomic E-state index is 11.3. The normalized spacial score (nSPS) is 28.9. The summed E-state index contributed by atoms with van der Waals surface area (Å²) >= 11 is 3.41. The Morgan fingerprint density at radius 1 is 1.40 bits per heavy atom. The third-order valence-corrected chi connectivity index (χ3v) is 4.10. The maximum absolute atomic E-state index is 11.3. The largest absolute Gasteiger partial charge is 0.481 e. The van der Waals surface area contributed by atoms with Gasteiger partial charge in [0.15, 0.2) is 0 Å². The molecule has 80 valence electrons. The molecule has 2 nitrogen and oxygen atoms in total. The number of aryl methyl sites for hydroxylation is 2. The van der Waals surface area contributed by atoms with Gasteiger partial charge in [-0.3, -0.25) is 4.79 Å². The first-order valence-electron chi connectivity index (χ1n) is 4.93. The fourth-order valence-electron chi connectivity index (χ4n) is 2.10. The first-order chi connectivity index (χ1) is 6.96. The molecule has 0 saturated heterocycles. The van der Waals surface area contributed by atoms with Crippen molar-refractivity contribution >= 4 is 21.9 Å². The number of hydrogen-bond donors (Lipinski definition) is 1. The highest BCUT2D eigenvalue weighted by molar-refractivity contribution is 9.09. The van der Waals surface area contributed by atoms with Gasteiger partial charge in [0.1, 0.15) is 5.41 Å². The first kappa shape index (κ1) is 10.7. The van der Waals surface area contributed by atoms with Gasteiger partial charge in [-0.15, -0.1) is 0 Å². The zero-order valence-corrected chi connectivity index (χ0v) is 10.3. The van der Waals surface area contributed by atoms with Crippen LogP contribution in [0.25, 0.3) is 0 Å². The fourth-order valence-corrected chi connectivity index (χ4v) is 3.07. The Hall–Kier alpha value is -0.830. The molecule has 1 aromatic carbocycles. The monoisotopic (exact) mass is 268 g/mol. The molecular weight excluding hydrogens is 256 g/mol. The number of alkyl halides is 1. The number of carboxylic acid groups (broad SMARTS) is 1. The van der Waals surface area contributed by atoms with E-state index in [1.165, 1.54) is 0 Å². The average Bonchev–Trinajstić information content (AvgIpc) is 2.76. The van der Waals surface area contributed by atoms with Crippen LogP contribution >= 0.6 is 15.9 Å². The standard InChI is InChI=1S/C12H13BrO2/c1-7-3-8(2)5-9(4-7)12(11(14)15)6-10(12)13/h3-5,10H,6H2,1-2H3,(H,14,15). The molecule has 1 fully saturated rings. The van der Waals surface area contributed by atoms with Gasteiger partial charge in [-0.25, -0.2) is 0 Å². The third-order valence-electron chi connectivity index (χ3n) is 2.99. The predicted octanol–water partition coefficient (Wildman–Crippen LogP) is 2.79. The van der Waals surface area contributed by atoms with Crippen LogP contribution in [0.5, 0.6) is 0 Å². The van der Waals surface area contributed by atoms with Crippen molar-refractivity contribution < 1.29 is 9.90 Å². The van der Waals surface area contributed by atoms with Crippen LogP contribution in [-0.2, 0) is 10.2 Å². The molecule has 0 bridgehead atoms. The molecule has 0 heterocycles. The lowest BCUT2D eigenvalue weighted by Crippen LogP contribution is -2.22. The van der Waals surface area contributed by atoms with E-state index in [1.54, 1.807) is 0 Å². The average molecular weight is 269 g/mol. The molecule has 0 radical (unpaired) electrons. The van der Waals surface area contributed by atoms with Crippen molar-refractivity contribution in [3.8, 4) is 0 Å². The lowest BCUT2D eigenvalue weighted by molar-refractivity contribution is -0.139. The SMILES string of the molecule is Cc1cc(C)cc(C2(C(=O)O)CC2Br)c1. The number of aliphatic carboxylic acids is 1. The van der Waals surface area contributed by atoms with E-state index in [-0.39, 0.29) is 4.83 Å². The maximum Gasteiger partial charge on any atom is 0.315 e. The van der Waals surface area contributed by atoms with Crippen LogP contribution in [0.1, 0.15) is 23.1 Å². The second-order valence-corrected chi connectivity index (χ2v) is 5.43.